The second kappa shape index (κ2) is 5.44. The number of carbonyl (C=O) groups excluding carboxylic acids is 1. The topological polar surface area (TPSA) is 49.3 Å². The van der Waals surface area contributed by atoms with Gasteiger partial charge in [-0.05, 0) is 25.5 Å². The van der Waals surface area contributed by atoms with E-state index in [9.17, 15) is 4.79 Å². The molecule has 5 nitrogen and oxygen atoms in total. The van der Waals surface area contributed by atoms with Gasteiger partial charge >= 0.3 is 0 Å². The van der Waals surface area contributed by atoms with Crippen LogP contribution in [0.25, 0.3) is 0 Å². The number of aryl methyl sites for hydroxylation is 1. The van der Waals surface area contributed by atoms with Gasteiger partial charge in [0.15, 0.2) is 0 Å². The zero-order valence-corrected chi connectivity index (χ0v) is 13.3. The molecule has 0 saturated carbocycles. The van der Waals surface area contributed by atoms with Gasteiger partial charge in [-0.15, -0.1) is 11.3 Å². The molecule has 2 atom stereocenters. The zero-order valence-electron chi connectivity index (χ0n) is 12.5. The Hall–Kier alpha value is -1.79. The number of thiazole rings is 1. The summed E-state index contributed by atoms with van der Waals surface area (Å²) in [6.45, 7) is 3.90. The fourth-order valence-corrected chi connectivity index (χ4v) is 4.25. The average Bonchev–Trinajstić information content (AvgIpc) is 3.17. The van der Waals surface area contributed by atoms with Crippen LogP contribution in [0.4, 0.5) is 5.69 Å². The molecule has 4 rings (SSSR count). The molecule has 2 fully saturated rings. The molecule has 2 saturated heterocycles. The molecule has 0 aromatic carbocycles. The van der Waals surface area contributed by atoms with Crippen LogP contribution >= 0.6 is 11.3 Å². The summed E-state index contributed by atoms with van der Waals surface area (Å²) in [5, 5.41) is 3.23. The van der Waals surface area contributed by atoms with Crippen LogP contribution in [-0.2, 0) is 11.3 Å². The first kappa shape index (κ1) is 13.8. The minimum absolute atomic E-state index is 0.210. The van der Waals surface area contributed by atoms with Gasteiger partial charge in [0.2, 0.25) is 5.91 Å². The maximum absolute atomic E-state index is 12.4. The summed E-state index contributed by atoms with van der Waals surface area (Å²) in [6.07, 6.45) is 5.15. The van der Waals surface area contributed by atoms with Gasteiger partial charge in [0.05, 0.1) is 28.6 Å². The smallest absolute Gasteiger partial charge is 0.229 e. The summed E-state index contributed by atoms with van der Waals surface area (Å²) in [7, 11) is 0. The summed E-state index contributed by atoms with van der Waals surface area (Å²) in [5.41, 5.74) is 2.04. The van der Waals surface area contributed by atoms with E-state index < -0.39 is 0 Å². The first-order chi connectivity index (χ1) is 10.7. The van der Waals surface area contributed by atoms with Crippen molar-refractivity contribution >= 4 is 22.9 Å². The van der Waals surface area contributed by atoms with E-state index in [1.807, 2.05) is 24.0 Å². The number of carbonyl (C=O) groups is 1. The largest absolute Gasteiger partial charge is 0.306 e. The van der Waals surface area contributed by atoms with Gasteiger partial charge in [-0.25, -0.2) is 4.98 Å². The van der Waals surface area contributed by atoms with Gasteiger partial charge in [0, 0.05) is 37.1 Å². The van der Waals surface area contributed by atoms with Crippen LogP contribution < -0.4 is 4.90 Å². The molecule has 6 heteroatoms. The number of fused-ring (bicyclic) bond motifs is 1. The number of hydrogen-bond donors (Lipinski definition) is 0. The van der Waals surface area contributed by atoms with Crippen molar-refractivity contribution in [2.45, 2.75) is 38.4 Å². The molecule has 0 unspecified atom stereocenters. The fourth-order valence-electron chi connectivity index (χ4n) is 3.65. The average molecular weight is 314 g/mol. The van der Waals surface area contributed by atoms with Crippen molar-refractivity contribution in [1.29, 1.82) is 0 Å². The van der Waals surface area contributed by atoms with Crippen LogP contribution in [-0.4, -0.2) is 39.4 Å². The van der Waals surface area contributed by atoms with Gasteiger partial charge in [0.25, 0.3) is 0 Å². The van der Waals surface area contributed by atoms with Crippen LogP contribution in [0.15, 0.2) is 29.9 Å². The number of amides is 1. The molecule has 2 aliphatic rings. The van der Waals surface area contributed by atoms with Crippen LogP contribution in [0.1, 0.15) is 23.5 Å². The SMILES string of the molecule is Cc1nc(CN2CC[C@@H]3[C@@H]2CC(=O)N3c2cccnc2)cs1. The maximum atomic E-state index is 12.4. The van der Waals surface area contributed by atoms with Crippen molar-refractivity contribution in [3.63, 3.8) is 0 Å². The number of nitrogens with zero attached hydrogens (tertiary/aromatic N) is 4. The Labute approximate surface area is 133 Å². The summed E-state index contributed by atoms with van der Waals surface area (Å²) >= 11 is 1.69. The Morgan fingerprint density at radius 2 is 2.32 bits per heavy atom. The molecule has 0 aliphatic carbocycles. The molecule has 0 N–H and O–H groups in total. The molecular weight excluding hydrogens is 296 g/mol. The third-order valence-electron chi connectivity index (χ3n) is 4.57. The second-order valence-corrected chi connectivity index (χ2v) is 6.99. The van der Waals surface area contributed by atoms with Gasteiger partial charge in [-0.2, -0.15) is 0 Å². The zero-order chi connectivity index (χ0) is 15.1. The number of aromatic nitrogens is 2. The minimum Gasteiger partial charge on any atom is -0.306 e. The van der Waals surface area contributed by atoms with Gasteiger partial charge in [-0.1, -0.05) is 0 Å². The minimum atomic E-state index is 0.210. The van der Waals surface area contributed by atoms with Crippen molar-refractivity contribution in [2.75, 3.05) is 11.4 Å². The summed E-state index contributed by atoms with van der Waals surface area (Å²) in [6, 6.07) is 4.44. The van der Waals surface area contributed by atoms with Crippen molar-refractivity contribution < 1.29 is 4.79 Å². The van der Waals surface area contributed by atoms with Crippen molar-refractivity contribution in [1.82, 2.24) is 14.9 Å². The Morgan fingerprint density at radius 1 is 1.41 bits per heavy atom. The summed E-state index contributed by atoms with van der Waals surface area (Å²) in [4.78, 5) is 25.5. The Morgan fingerprint density at radius 3 is 3.05 bits per heavy atom. The maximum Gasteiger partial charge on any atom is 0.229 e. The number of hydrogen-bond acceptors (Lipinski definition) is 5. The number of pyridine rings is 1. The van der Waals surface area contributed by atoms with E-state index in [1.54, 1.807) is 23.7 Å². The summed E-state index contributed by atoms with van der Waals surface area (Å²) in [5.74, 6) is 0.210. The normalized spacial score (nSPS) is 25.0. The number of anilines is 1. The molecular formula is C16H18N4OS. The first-order valence-electron chi connectivity index (χ1n) is 7.59. The van der Waals surface area contributed by atoms with E-state index in [0.29, 0.717) is 12.5 Å². The predicted molar refractivity (Wildman–Crippen MR) is 85.8 cm³/mol. The highest BCUT2D eigenvalue weighted by atomic mass is 32.1. The third-order valence-corrected chi connectivity index (χ3v) is 5.39. The molecule has 2 aromatic heterocycles. The predicted octanol–water partition coefficient (Wildman–Crippen LogP) is 2.23. The lowest BCUT2D eigenvalue weighted by atomic mass is 10.1. The first-order valence-corrected chi connectivity index (χ1v) is 8.47. The lowest BCUT2D eigenvalue weighted by molar-refractivity contribution is -0.117. The van der Waals surface area contributed by atoms with Crippen LogP contribution in [0.5, 0.6) is 0 Å². The van der Waals surface area contributed by atoms with E-state index in [0.717, 1.165) is 35.9 Å². The molecule has 2 aliphatic heterocycles. The van der Waals surface area contributed by atoms with Gasteiger partial charge in [-0.3, -0.25) is 14.7 Å². The molecule has 0 bridgehead atoms. The molecule has 2 aromatic rings. The molecule has 0 radical (unpaired) electrons. The fraction of sp³-hybridized carbons (Fsp3) is 0.438. The Balaban J connectivity index is 1.54. The van der Waals surface area contributed by atoms with Crippen LogP contribution in [0.3, 0.4) is 0 Å². The van der Waals surface area contributed by atoms with E-state index in [1.165, 1.54) is 0 Å². The van der Waals surface area contributed by atoms with E-state index in [-0.39, 0.29) is 11.9 Å². The quantitative estimate of drug-likeness (QED) is 0.872. The third kappa shape index (κ3) is 2.32. The monoisotopic (exact) mass is 314 g/mol. The Bertz CT molecular complexity index is 686. The van der Waals surface area contributed by atoms with Gasteiger partial charge in [0.1, 0.15) is 0 Å². The highest BCUT2D eigenvalue weighted by molar-refractivity contribution is 7.09. The second-order valence-electron chi connectivity index (χ2n) is 5.93. The Kier molecular flexibility index (Phi) is 3.43. The highest BCUT2D eigenvalue weighted by Crippen LogP contribution is 2.36. The summed E-state index contributed by atoms with van der Waals surface area (Å²) < 4.78 is 0. The molecule has 114 valence electrons. The lowest BCUT2D eigenvalue weighted by Gasteiger charge is -2.24. The lowest BCUT2D eigenvalue weighted by Crippen LogP contribution is -2.37. The standard InChI is InChI=1S/C16H18N4OS/c1-11-18-12(10-22-11)9-19-6-4-14-15(19)7-16(21)20(14)13-3-2-5-17-8-13/h2-3,5,8,10,14-15H,4,6-7,9H2,1H3/t14-,15+/m1/s1. The molecule has 22 heavy (non-hydrogen) atoms. The number of rotatable bonds is 3. The van der Waals surface area contributed by atoms with Crippen LogP contribution in [0.2, 0.25) is 0 Å². The van der Waals surface area contributed by atoms with Crippen molar-refractivity contribution in [3.8, 4) is 0 Å². The molecule has 4 heterocycles. The number of likely N-dealkylation sites (tertiary alicyclic amines) is 1. The van der Waals surface area contributed by atoms with Crippen molar-refractivity contribution in [2.24, 2.45) is 0 Å². The van der Waals surface area contributed by atoms with Crippen molar-refractivity contribution in [3.05, 3.63) is 40.6 Å². The van der Waals surface area contributed by atoms with Gasteiger partial charge < -0.3 is 4.90 Å². The van der Waals surface area contributed by atoms with E-state index >= 15 is 0 Å². The molecule has 0 spiro atoms. The molecule has 1 amide bonds. The van der Waals surface area contributed by atoms with E-state index in [2.05, 4.69) is 20.2 Å². The highest BCUT2D eigenvalue weighted by Gasteiger charge is 2.47. The van der Waals surface area contributed by atoms with Crippen LogP contribution in [0, 0.1) is 6.92 Å². The van der Waals surface area contributed by atoms with E-state index in [4.69, 9.17) is 0 Å².